The van der Waals surface area contributed by atoms with Crippen molar-refractivity contribution in [1.82, 2.24) is 14.1 Å². The molecule has 1 aliphatic heterocycles. The Bertz CT molecular complexity index is 2170. The van der Waals surface area contributed by atoms with E-state index in [-0.39, 0.29) is 20.1 Å². The van der Waals surface area contributed by atoms with Crippen LogP contribution in [0.3, 0.4) is 0 Å². The van der Waals surface area contributed by atoms with Crippen molar-refractivity contribution >= 4 is 50.7 Å². The molecular weight excluding hydrogens is 719 g/mol. The maximum absolute atomic E-state index is 6.10. The van der Waals surface area contributed by atoms with Crippen molar-refractivity contribution in [2.75, 3.05) is 0 Å². The molecule has 4 nitrogen and oxygen atoms in total. The van der Waals surface area contributed by atoms with Crippen molar-refractivity contribution in [2.45, 2.75) is 20.8 Å². The Labute approximate surface area is 270 Å². The first kappa shape index (κ1) is 29.2. The van der Waals surface area contributed by atoms with Crippen LogP contribution in [0.5, 0.6) is 0 Å². The van der Waals surface area contributed by atoms with Gasteiger partial charge in [0, 0.05) is 56.2 Å². The largest absolute Gasteiger partial charge is 0.501 e. The molecule has 0 saturated heterocycles. The van der Waals surface area contributed by atoms with Crippen molar-refractivity contribution in [1.29, 1.82) is 0 Å². The molecule has 5 aromatic carbocycles. The normalized spacial score (nSPS) is 11.7. The predicted octanol–water partition coefficient (Wildman–Crippen LogP) is 9.71. The zero-order valence-corrected chi connectivity index (χ0v) is 27.0. The SMILES string of the molecule is Cc1cc(C)cc([N+]2=C=[N+](c3[c-]cc4c(c3)oc3ccccc34)c3ccccc32)c1.Cc1ccc(-c2[c-]cccc2)nc1.[Ir]. The number of nitrogens with zero attached hydrogens (tertiary/aromatic N) is 3. The number of rotatable bonds is 3. The van der Waals surface area contributed by atoms with Gasteiger partial charge in [-0.3, -0.25) is 0 Å². The summed E-state index contributed by atoms with van der Waals surface area (Å²) in [6.07, 6.45) is 1.87. The Hall–Kier alpha value is -4.92. The summed E-state index contributed by atoms with van der Waals surface area (Å²) >= 11 is 0. The second-order valence-electron chi connectivity index (χ2n) is 10.8. The first-order chi connectivity index (χ1) is 21.0. The molecule has 3 heterocycles. The van der Waals surface area contributed by atoms with Gasteiger partial charge in [-0.1, -0.05) is 64.6 Å². The van der Waals surface area contributed by atoms with Crippen LogP contribution in [0, 0.1) is 32.9 Å². The second kappa shape index (κ2) is 12.4. The van der Waals surface area contributed by atoms with Crippen LogP contribution in [0.4, 0.5) is 22.7 Å². The van der Waals surface area contributed by atoms with Crippen molar-refractivity contribution in [3.63, 3.8) is 0 Å². The monoisotopic (exact) mass is 748 g/mol. The van der Waals surface area contributed by atoms with Gasteiger partial charge < -0.3 is 9.40 Å². The summed E-state index contributed by atoms with van der Waals surface area (Å²) in [7, 11) is 0. The molecule has 0 bridgehead atoms. The third kappa shape index (κ3) is 5.69. The minimum absolute atomic E-state index is 0. The minimum Gasteiger partial charge on any atom is -0.483 e. The maximum atomic E-state index is 6.10. The number of benzene rings is 5. The predicted molar refractivity (Wildman–Crippen MR) is 176 cm³/mol. The summed E-state index contributed by atoms with van der Waals surface area (Å²) in [5.41, 5.74) is 11.6. The molecule has 1 radical (unpaired) electrons. The molecule has 2 aromatic heterocycles. The minimum atomic E-state index is 0. The van der Waals surface area contributed by atoms with Gasteiger partial charge in [-0.15, -0.1) is 42.0 Å². The Morgan fingerprint density at radius 2 is 1.39 bits per heavy atom. The van der Waals surface area contributed by atoms with Gasteiger partial charge in [-0.2, -0.15) is 6.07 Å². The van der Waals surface area contributed by atoms with E-state index in [1.165, 1.54) is 16.7 Å². The van der Waals surface area contributed by atoms with E-state index in [2.05, 4.69) is 101 Å². The topological polar surface area (TPSA) is 32.0 Å². The van der Waals surface area contributed by atoms with Crippen LogP contribution in [-0.4, -0.2) is 11.0 Å². The molecule has 0 amide bonds. The summed E-state index contributed by atoms with van der Waals surface area (Å²) in [5, 5.41) is 2.19. The van der Waals surface area contributed by atoms with E-state index in [0.29, 0.717) is 0 Å². The van der Waals surface area contributed by atoms with Gasteiger partial charge in [-0.05, 0) is 59.2 Å². The quantitative estimate of drug-likeness (QED) is 0.133. The van der Waals surface area contributed by atoms with E-state index in [1.54, 1.807) is 0 Å². The molecule has 215 valence electrons. The van der Waals surface area contributed by atoms with Gasteiger partial charge >= 0.3 is 6.01 Å². The summed E-state index contributed by atoms with van der Waals surface area (Å²) in [4.78, 5) is 4.32. The molecule has 0 spiro atoms. The van der Waals surface area contributed by atoms with Crippen LogP contribution >= 0.6 is 0 Å². The van der Waals surface area contributed by atoms with E-state index in [0.717, 1.165) is 55.9 Å². The molecule has 8 rings (SSSR count). The molecule has 1 aliphatic rings. The fourth-order valence-electron chi connectivity index (χ4n) is 5.47. The van der Waals surface area contributed by atoms with Crippen molar-refractivity contribution in [3.05, 3.63) is 150 Å². The Morgan fingerprint density at radius 1 is 0.659 bits per heavy atom. The standard InChI is InChI=1S/C27H19N2O.C12H10N.Ir/c1-18-13-19(2)15-21(14-18)29-17-28(24-8-4-5-9-25(24)29)20-11-12-23-22-7-3-6-10-26(22)30-27(23)16-20;1-10-7-8-12(13-9-10)11-5-3-2-4-6-11;/h3-10,12-16H,1-2H3;2-5,7-9H,1H3;/q+1;-1;. The average molecular weight is 748 g/mol. The van der Waals surface area contributed by atoms with Crippen LogP contribution in [-0.2, 0) is 20.1 Å². The average Bonchev–Trinajstić information content (AvgIpc) is 3.60. The third-order valence-corrected chi connectivity index (χ3v) is 7.46. The van der Waals surface area contributed by atoms with E-state index >= 15 is 0 Å². The van der Waals surface area contributed by atoms with Crippen LogP contribution < -0.4 is 9.15 Å². The number of pyridine rings is 1. The van der Waals surface area contributed by atoms with Gasteiger partial charge in [-0.25, -0.2) is 0 Å². The van der Waals surface area contributed by atoms with E-state index in [9.17, 15) is 0 Å². The molecule has 0 saturated carbocycles. The number of aromatic nitrogens is 1. The Balaban J connectivity index is 0.000000207. The van der Waals surface area contributed by atoms with Gasteiger partial charge in [0.05, 0.1) is 0 Å². The maximum Gasteiger partial charge on any atom is 0.501 e. The zero-order valence-electron chi connectivity index (χ0n) is 24.6. The number of hydrogen-bond acceptors (Lipinski definition) is 2. The van der Waals surface area contributed by atoms with Crippen molar-refractivity contribution < 1.29 is 24.5 Å². The Morgan fingerprint density at radius 3 is 2.11 bits per heavy atom. The van der Waals surface area contributed by atoms with Gasteiger partial charge in [0.15, 0.2) is 0 Å². The number of para-hydroxylation sites is 3. The number of hydrogen-bond donors (Lipinski definition) is 0. The van der Waals surface area contributed by atoms with Crippen LogP contribution in [0.25, 0.3) is 33.2 Å². The molecule has 0 aliphatic carbocycles. The molecule has 5 heteroatoms. The zero-order chi connectivity index (χ0) is 29.3. The van der Waals surface area contributed by atoms with Crippen molar-refractivity contribution in [3.8, 4) is 11.3 Å². The first-order valence-corrected chi connectivity index (χ1v) is 14.3. The summed E-state index contributed by atoms with van der Waals surface area (Å²) in [6, 6.07) is 49.1. The van der Waals surface area contributed by atoms with Crippen LogP contribution in [0.15, 0.2) is 126 Å². The number of fused-ring (bicyclic) bond motifs is 4. The van der Waals surface area contributed by atoms with E-state index < -0.39 is 0 Å². The summed E-state index contributed by atoms with van der Waals surface area (Å²) < 4.78 is 10.3. The number of aryl methyl sites for hydroxylation is 3. The molecule has 0 N–H and O–H groups in total. The summed E-state index contributed by atoms with van der Waals surface area (Å²) in [6.45, 7) is 6.28. The van der Waals surface area contributed by atoms with E-state index in [4.69, 9.17) is 4.42 Å². The van der Waals surface area contributed by atoms with Crippen molar-refractivity contribution in [2.24, 2.45) is 0 Å². The third-order valence-electron chi connectivity index (χ3n) is 7.46. The molecule has 44 heavy (non-hydrogen) atoms. The fourth-order valence-corrected chi connectivity index (χ4v) is 5.47. The summed E-state index contributed by atoms with van der Waals surface area (Å²) in [5.74, 6) is 0. The molecule has 7 aromatic rings. The molecular formula is C39H29IrN3O. The van der Waals surface area contributed by atoms with E-state index in [1.807, 2.05) is 73.8 Å². The first-order valence-electron chi connectivity index (χ1n) is 14.3. The molecule has 0 atom stereocenters. The molecule has 0 fully saturated rings. The van der Waals surface area contributed by atoms with Crippen LogP contribution in [0.1, 0.15) is 16.7 Å². The van der Waals surface area contributed by atoms with Crippen LogP contribution in [0.2, 0.25) is 0 Å². The number of furan rings is 1. The fraction of sp³-hybridized carbons (Fsp3) is 0.0769. The molecule has 0 unspecified atom stereocenters. The second-order valence-corrected chi connectivity index (χ2v) is 10.8. The van der Waals surface area contributed by atoms with Gasteiger partial charge in [0.1, 0.15) is 11.3 Å². The Kier molecular flexibility index (Phi) is 8.19. The smallest absolute Gasteiger partial charge is 0.483 e. The van der Waals surface area contributed by atoms with Gasteiger partial charge in [0.2, 0.25) is 5.69 Å². The van der Waals surface area contributed by atoms with Gasteiger partial charge in [0.25, 0.3) is 11.4 Å².